The topological polar surface area (TPSA) is 70.1 Å². The lowest BCUT2D eigenvalue weighted by Gasteiger charge is -2.18. The van der Waals surface area contributed by atoms with Gasteiger partial charge in [-0.2, -0.15) is 10.2 Å². The first-order valence-electron chi connectivity index (χ1n) is 9.53. The fourth-order valence-electron chi connectivity index (χ4n) is 3.54. The Balaban J connectivity index is 1.47. The van der Waals surface area contributed by atoms with Gasteiger partial charge in [0.05, 0.1) is 11.9 Å². The van der Waals surface area contributed by atoms with Crippen molar-refractivity contribution in [2.45, 2.75) is 39.0 Å². The van der Waals surface area contributed by atoms with Crippen molar-refractivity contribution in [3.8, 4) is 11.3 Å². The SMILES string of the molecule is CC(C)(C)c1ccc(C=NNC(=O)c2[nH]nc3c2CCc2ccccc2-3)cc1. The molecular formula is C23H24N4O. The van der Waals surface area contributed by atoms with Crippen LogP contribution in [0.1, 0.15) is 53.5 Å². The number of fused-ring (bicyclic) bond motifs is 3. The van der Waals surface area contributed by atoms with E-state index in [2.05, 4.69) is 65.8 Å². The number of nitrogens with one attached hydrogen (secondary N) is 2. The summed E-state index contributed by atoms with van der Waals surface area (Å²) >= 11 is 0. The number of carbonyl (C=O) groups is 1. The summed E-state index contributed by atoms with van der Waals surface area (Å²) in [5.41, 5.74) is 9.61. The molecule has 5 heteroatoms. The number of rotatable bonds is 3. The number of aromatic amines is 1. The lowest BCUT2D eigenvalue weighted by atomic mass is 9.87. The molecule has 0 saturated carbocycles. The van der Waals surface area contributed by atoms with Crippen LogP contribution in [-0.4, -0.2) is 22.3 Å². The van der Waals surface area contributed by atoms with Gasteiger partial charge in [-0.1, -0.05) is 69.3 Å². The average molecular weight is 372 g/mol. The Hall–Kier alpha value is -3.21. The summed E-state index contributed by atoms with van der Waals surface area (Å²) in [6, 6.07) is 16.4. The van der Waals surface area contributed by atoms with Crippen LogP contribution in [0.2, 0.25) is 0 Å². The van der Waals surface area contributed by atoms with E-state index in [-0.39, 0.29) is 11.3 Å². The first-order chi connectivity index (χ1) is 13.4. The Bertz CT molecular complexity index is 1040. The number of hydrogen-bond donors (Lipinski definition) is 2. The number of nitrogens with zero attached hydrogens (tertiary/aromatic N) is 2. The highest BCUT2D eigenvalue weighted by molar-refractivity contribution is 5.96. The van der Waals surface area contributed by atoms with Crippen molar-refractivity contribution >= 4 is 12.1 Å². The second-order valence-electron chi connectivity index (χ2n) is 8.15. The third-order valence-corrected chi connectivity index (χ3v) is 5.17. The van der Waals surface area contributed by atoms with Gasteiger partial charge in [0.1, 0.15) is 5.69 Å². The summed E-state index contributed by atoms with van der Waals surface area (Å²) in [4.78, 5) is 12.6. The molecule has 2 aromatic carbocycles. The van der Waals surface area contributed by atoms with Crippen LogP contribution < -0.4 is 5.43 Å². The van der Waals surface area contributed by atoms with E-state index in [0.717, 1.165) is 35.2 Å². The molecule has 0 aliphatic heterocycles. The zero-order chi connectivity index (χ0) is 19.7. The summed E-state index contributed by atoms with van der Waals surface area (Å²) in [5.74, 6) is -0.268. The first-order valence-corrected chi connectivity index (χ1v) is 9.53. The molecule has 1 aliphatic carbocycles. The van der Waals surface area contributed by atoms with Gasteiger partial charge >= 0.3 is 0 Å². The number of hydrogen-bond acceptors (Lipinski definition) is 3. The monoisotopic (exact) mass is 372 g/mol. The lowest BCUT2D eigenvalue weighted by molar-refractivity contribution is 0.0949. The zero-order valence-corrected chi connectivity index (χ0v) is 16.4. The summed E-state index contributed by atoms with van der Waals surface area (Å²) in [6.07, 6.45) is 3.36. The van der Waals surface area contributed by atoms with E-state index in [1.54, 1.807) is 6.21 Å². The molecule has 142 valence electrons. The van der Waals surface area contributed by atoms with Crippen molar-refractivity contribution in [1.82, 2.24) is 15.6 Å². The molecular weight excluding hydrogens is 348 g/mol. The number of amides is 1. The van der Waals surface area contributed by atoms with E-state index < -0.39 is 0 Å². The fourth-order valence-corrected chi connectivity index (χ4v) is 3.54. The van der Waals surface area contributed by atoms with Crippen molar-refractivity contribution in [2.75, 3.05) is 0 Å². The third kappa shape index (κ3) is 3.48. The van der Waals surface area contributed by atoms with Crippen molar-refractivity contribution in [2.24, 2.45) is 5.10 Å². The van der Waals surface area contributed by atoms with Gasteiger partial charge in [-0.15, -0.1) is 0 Å². The highest BCUT2D eigenvalue weighted by Crippen LogP contribution is 2.33. The largest absolute Gasteiger partial charge is 0.289 e. The number of carbonyl (C=O) groups excluding carboxylic acids is 1. The van der Waals surface area contributed by atoms with Gasteiger partial charge in [-0.25, -0.2) is 5.43 Å². The molecule has 1 amide bonds. The number of aryl methyl sites for hydroxylation is 1. The van der Waals surface area contributed by atoms with Crippen molar-refractivity contribution in [1.29, 1.82) is 0 Å². The summed E-state index contributed by atoms with van der Waals surface area (Å²) < 4.78 is 0. The van der Waals surface area contributed by atoms with Crippen LogP contribution in [0.15, 0.2) is 53.6 Å². The maximum absolute atomic E-state index is 12.6. The molecule has 5 nitrogen and oxygen atoms in total. The van der Waals surface area contributed by atoms with E-state index in [1.165, 1.54) is 11.1 Å². The van der Waals surface area contributed by atoms with Crippen LogP contribution >= 0.6 is 0 Å². The van der Waals surface area contributed by atoms with Crippen LogP contribution in [0.5, 0.6) is 0 Å². The van der Waals surface area contributed by atoms with Gasteiger partial charge in [0.2, 0.25) is 0 Å². The van der Waals surface area contributed by atoms with E-state index in [0.29, 0.717) is 5.69 Å². The van der Waals surface area contributed by atoms with Crippen LogP contribution in [0.3, 0.4) is 0 Å². The molecule has 2 N–H and O–H groups in total. The van der Waals surface area contributed by atoms with Gasteiger partial charge in [0.15, 0.2) is 0 Å². The molecule has 3 aromatic rings. The van der Waals surface area contributed by atoms with E-state index in [1.807, 2.05) is 24.3 Å². The standard InChI is InChI=1S/C23H24N4O/c1-23(2,3)17-11-8-15(9-12-17)14-24-27-22(28)21-19-13-10-16-6-4-5-7-18(16)20(19)25-26-21/h4-9,11-12,14H,10,13H2,1-3H3,(H,25,26)(H,27,28). The fraction of sp³-hybridized carbons (Fsp3) is 0.261. The number of aromatic nitrogens is 2. The van der Waals surface area contributed by atoms with Crippen molar-refractivity contribution in [3.05, 3.63) is 76.5 Å². The normalized spacial score (nSPS) is 13.2. The molecule has 1 aromatic heterocycles. The van der Waals surface area contributed by atoms with E-state index in [4.69, 9.17) is 0 Å². The maximum Gasteiger partial charge on any atom is 0.289 e. The minimum Gasteiger partial charge on any atom is -0.272 e. The summed E-state index contributed by atoms with van der Waals surface area (Å²) in [6.45, 7) is 6.54. The number of H-pyrrole nitrogens is 1. The van der Waals surface area contributed by atoms with Crippen LogP contribution in [0.25, 0.3) is 11.3 Å². The Morgan fingerprint density at radius 1 is 1.11 bits per heavy atom. The second kappa shape index (κ2) is 7.08. The molecule has 28 heavy (non-hydrogen) atoms. The molecule has 1 aliphatic rings. The molecule has 0 saturated heterocycles. The minimum atomic E-state index is -0.268. The van der Waals surface area contributed by atoms with Crippen LogP contribution in [0, 0.1) is 0 Å². The van der Waals surface area contributed by atoms with Crippen LogP contribution in [0.4, 0.5) is 0 Å². The Labute approximate surface area is 164 Å². The van der Waals surface area contributed by atoms with Crippen molar-refractivity contribution < 1.29 is 4.79 Å². The van der Waals surface area contributed by atoms with Crippen molar-refractivity contribution in [3.63, 3.8) is 0 Å². The van der Waals surface area contributed by atoms with E-state index in [9.17, 15) is 4.79 Å². The van der Waals surface area contributed by atoms with Gasteiger partial charge < -0.3 is 0 Å². The predicted molar refractivity (Wildman–Crippen MR) is 112 cm³/mol. The minimum absolute atomic E-state index is 0.113. The molecule has 0 spiro atoms. The quantitative estimate of drug-likeness (QED) is 0.533. The smallest absolute Gasteiger partial charge is 0.272 e. The molecule has 4 rings (SSSR count). The Morgan fingerprint density at radius 2 is 1.86 bits per heavy atom. The summed E-state index contributed by atoms with van der Waals surface area (Å²) in [5, 5.41) is 11.4. The lowest BCUT2D eigenvalue weighted by Crippen LogP contribution is -2.20. The number of hydrazone groups is 1. The molecule has 0 atom stereocenters. The highest BCUT2D eigenvalue weighted by Gasteiger charge is 2.24. The van der Waals surface area contributed by atoms with E-state index >= 15 is 0 Å². The molecule has 0 radical (unpaired) electrons. The molecule has 1 heterocycles. The summed E-state index contributed by atoms with van der Waals surface area (Å²) in [7, 11) is 0. The van der Waals surface area contributed by atoms with Gasteiger partial charge in [-0.3, -0.25) is 9.89 Å². The van der Waals surface area contributed by atoms with Crippen LogP contribution in [-0.2, 0) is 18.3 Å². The Morgan fingerprint density at radius 3 is 2.61 bits per heavy atom. The molecule has 0 bridgehead atoms. The molecule has 0 fully saturated rings. The molecule has 0 unspecified atom stereocenters. The first kappa shape index (κ1) is 18.2. The zero-order valence-electron chi connectivity index (χ0n) is 16.4. The third-order valence-electron chi connectivity index (χ3n) is 5.17. The number of benzene rings is 2. The Kier molecular flexibility index (Phi) is 4.59. The predicted octanol–water partition coefficient (Wildman–Crippen LogP) is 4.24. The van der Waals surface area contributed by atoms with Gasteiger partial charge in [-0.05, 0) is 34.9 Å². The highest BCUT2D eigenvalue weighted by atomic mass is 16.2. The average Bonchev–Trinajstić information content (AvgIpc) is 3.12. The maximum atomic E-state index is 12.6. The second-order valence-corrected chi connectivity index (χ2v) is 8.15. The van der Waals surface area contributed by atoms with Gasteiger partial charge in [0.25, 0.3) is 5.91 Å². The van der Waals surface area contributed by atoms with Gasteiger partial charge in [0, 0.05) is 11.1 Å².